The third kappa shape index (κ3) is 6.43. The molecule has 1 saturated heterocycles. The second kappa shape index (κ2) is 11.8. The second-order valence-corrected chi connectivity index (χ2v) is 12.6. The van der Waals surface area contributed by atoms with E-state index in [0.29, 0.717) is 48.5 Å². The maximum absolute atomic E-state index is 13.3. The molecule has 1 amide bonds. The van der Waals surface area contributed by atoms with Gasteiger partial charge in [-0.15, -0.1) is 0 Å². The summed E-state index contributed by atoms with van der Waals surface area (Å²) in [6, 6.07) is 10.4. The first-order valence-electron chi connectivity index (χ1n) is 13.7. The highest BCUT2D eigenvalue weighted by molar-refractivity contribution is 7.90. The first-order chi connectivity index (χ1) is 18.4. The van der Waals surface area contributed by atoms with E-state index in [-0.39, 0.29) is 5.03 Å². The van der Waals surface area contributed by atoms with Crippen molar-refractivity contribution in [3.05, 3.63) is 47.0 Å². The van der Waals surface area contributed by atoms with E-state index in [0.717, 1.165) is 63.7 Å². The van der Waals surface area contributed by atoms with Gasteiger partial charge in [-0.05, 0) is 67.9 Å². The summed E-state index contributed by atoms with van der Waals surface area (Å²) in [7, 11) is -4.19. The van der Waals surface area contributed by atoms with Crippen molar-refractivity contribution in [2.75, 3.05) is 31.2 Å². The Hall–Kier alpha value is -2.36. The van der Waals surface area contributed by atoms with Crippen LogP contribution in [0.2, 0.25) is 5.02 Å². The predicted molar refractivity (Wildman–Crippen MR) is 146 cm³/mol. The SMILES string of the molecule is O=C(NS(=O)(=O)c1cccc(N2CCCCCOCC2)n1)C1(Oc2cc(Cl)ccc2C2CCCCC2)CC1. The summed E-state index contributed by atoms with van der Waals surface area (Å²) in [6.07, 6.45) is 9.59. The van der Waals surface area contributed by atoms with Gasteiger partial charge in [0.2, 0.25) is 0 Å². The zero-order valence-electron chi connectivity index (χ0n) is 21.7. The van der Waals surface area contributed by atoms with Gasteiger partial charge in [0, 0.05) is 37.6 Å². The first kappa shape index (κ1) is 27.2. The molecule has 2 saturated carbocycles. The van der Waals surface area contributed by atoms with Crippen molar-refractivity contribution < 1.29 is 22.7 Å². The molecule has 0 bridgehead atoms. The normalized spacial score (nSPS) is 20.6. The summed E-state index contributed by atoms with van der Waals surface area (Å²) in [4.78, 5) is 19.7. The minimum absolute atomic E-state index is 0.189. The molecule has 206 valence electrons. The Labute approximate surface area is 230 Å². The fourth-order valence-electron chi connectivity index (χ4n) is 5.35. The quantitative estimate of drug-likeness (QED) is 0.496. The maximum atomic E-state index is 13.3. The van der Waals surface area contributed by atoms with Crippen LogP contribution in [0.15, 0.2) is 41.4 Å². The number of pyridine rings is 1. The lowest BCUT2D eigenvalue weighted by molar-refractivity contribution is -0.128. The second-order valence-electron chi connectivity index (χ2n) is 10.5. The van der Waals surface area contributed by atoms with Crippen LogP contribution in [-0.2, 0) is 19.6 Å². The van der Waals surface area contributed by atoms with Crippen LogP contribution >= 0.6 is 11.6 Å². The van der Waals surface area contributed by atoms with Gasteiger partial charge in [0.25, 0.3) is 15.9 Å². The lowest BCUT2D eigenvalue weighted by atomic mass is 9.83. The highest BCUT2D eigenvalue weighted by Crippen LogP contribution is 2.45. The number of hydrogen-bond acceptors (Lipinski definition) is 7. The van der Waals surface area contributed by atoms with Gasteiger partial charge in [-0.2, -0.15) is 8.42 Å². The minimum atomic E-state index is -4.19. The van der Waals surface area contributed by atoms with Crippen molar-refractivity contribution in [3.63, 3.8) is 0 Å². The number of halogens is 1. The molecule has 1 aliphatic heterocycles. The molecule has 1 aromatic carbocycles. The van der Waals surface area contributed by atoms with Gasteiger partial charge in [0.15, 0.2) is 10.6 Å². The Morgan fingerprint density at radius 3 is 2.61 bits per heavy atom. The van der Waals surface area contributed by atoms with E-state index in [2.05, 4.69) is 9.71 Å². The molecule has 3 fully saturated rings. The molecule has 2 aromatic rings. The molecule has 5 rings (SSSR count). The van der Waals surface area contributed by atoms with E-state index in [1.165, 1.54) is 12.5 Å². The van der Waals surface area contributed by atoms with Crippen molar-refractivity contribution in [1.29, 1.82) is 0 Å². The monoisotopic (exact) mass is 561 g/mol. The predicted octanol–water partition coefficient (Wildman–Crippen LogP) is 5.21. The topological polar surface area (TPSA) is 97.8 Å². The molecule has 2 heterocycles. The largest absolute Gasteiger partial charge is 0.477 e. The number of carbonyl (C=O) groups excluding carboxylic acids is 1. The fraction of sp³-hybridized carbons (Fsp3) is 0.571. The van der Waals surface area contributed by atoms with Crippen LogP contribution in [-0.4, -0.2) is 51.2 Å². The van der Waals surface area contributed by atoms with Crippen LogP contribution in [0.4, 0.5) is 5.82 Å². The number of nitrogens with zero attached hydrogens (tertiary/aromatic N) is 2. The Kier molecular flexibility index (Phi) is 8.45. The van der Waals surface area contributed by atoms with Gasteiger partial charge in [-0.3, -0.25) is 4.79 Å². The summed E-state index contributed by atoms with van der Waals surface area (Å²) >= 11 is 6.28. The number of carbonyl (C=O) groups is 1. The number of nitrogens with one attached hydrogen (secondary N) is 1. The number of amides is 1. The Morgan fingerprint density at radius 1 is 1.03 bits per heavy atom. The first-order valence-corrected chi connectivity index (χ1v) is 15.6. The van der Waals surface area contributed by atoms with E-state index < -0.39 is 21.5 Å². The van der Waals surface area contributed by atoms with Crippen LogP contribution in [0.3, 0.4) is 0 Å². The van der Waals surface area contributed by atoms with Gasteiger partial charge >= 0.3 is 0 Å². The highest BCUT2D eigenvalue weighted by Gasteiger charge is 2.54. The molecule has 0 atom stereocenters. The molecule has 1 N–H and O–H groups in total. The number of hydrogen-bond donors (Lipinski definition) is 1. The number of sulfonamides is 1. The summed E-state index contributed by atoms with van der Waals surface area (Å²) in [5.41, 5.74) is -0.185. The zero-order chi connectivity index (χ0) is 26.6. The molecule has 0 unspecified atom stereocenters. The molecule has 3 aliphatic rings. The summed E-state index contributed by atoms with van der Waals surface area (Å²) in [5.74, 6) is 0.808. The molecule has 1 aromatic heterocycles. The lowest BCUT2D eigenvalue weighted by Crippen LogP contribution is -2.43. The fourth-order valence-corrected chi connectivity index (χ4v) is 6.51. The number of rotatable bonds is 7. The third-order valence-corrected chi connectivity index (χ3v) is 9.17. The molecule has 0 spiro atoms. The van der Waals surface area contributed by atoms with E-state index in [9.17, 15) is 13.2 Å². The van der Waals surface area contributed by atoms with Crippen molar-refractivity contribution in [2.24, 2.45) is 0 Å². The maximum Gasteiger partial charge on any atom is 0.281 e. The van der Waals surface area contributed by atoms with Gasteiger partial charge in [-0.1, -0.05) is 43.0 Å². The van der Waals surface area contributed by atoms with Crippen molar-refractivity contribution in [3.8, 4) is 5.75 Å². The number of benzene rings is 1. The standard InChI is InChI=1S/C28H36ClN3O5S/c29-22-12-13-23(21-8-3-1-4-9-21)24(20-22)37-28(14-15-28)27(33)31-38(34,35)26-11-7-10-25(30-26)32-16-5-2-6-18-36-19-17-32/h7,10-13,20-21H,1-6,8-9,14-19H2,(H,31,33). The number of anilines is 1. The Morgan fingerprint density at radius 2 is 1.82 bits per heavy atom. The average molecular weight is 562 g/mol. The molecule has 2 aliphatic carbocycles. The van der Waals surface area contributed by atoms with E-state index in [1.54, 1.807) is 18.2 Å². The molecule has 10 heteroatoms. The van der Waals surface area contributed by atoms with Crippen LogP contribution < -0.4 is 14.4 Å². The molecule has 38 heavy (non-hydrogen) atoms. The van der Waals surface area contributed by atoms with Crippen molar-refractivity contribution in [2.45, 2.75) is 80.8 Å². The average Bonchev–Trinajstić information content (AvgIpc) is 3.67. The van der Waals surface area contributed by atoms with Crippen LogP contribution in [0, 0.1) is 0 Å². The van der Waals surface area contributed by atoms with Crippen molar-refractivity contribution >= 4 is 33.3 Å². The Balaban J connectivity index is 1.31. The van der Waals surface area contributed by atoms with Gasteiger partial charge < -0.3 is 14.4 Å². The van der Waals surface area contributed by atoms with E-state index >= 15 is 0 Å². The van der Waals surface area contributed by atoms with Gasteiger partial charge in [-0.25, -0.2) is 9.71 Å². The molecular weight excluding hydrogens is 526 g/mol. The molecule has 8 nitrogen and oxygen atoms in total. The smallest absolute Gasteiger partial charge is 0.281 e. The molecular formula is C28H36ClN3O5S. The van der Waals surface area contributed by atoms with Crippen LogP contribution in [0.1, 0.15) is 75.7 Å². The van der Waals surface area contributed by atoms with E-state index in [1.807, 2.05) is 17.0 Å². The summed E-state index contributed by atoms with van der Waals surface area (Å²) in [6.45, 7) is 2.69. The van der Waals surface area contributed by atoms with Crippen LogP contribution in [0.5, 0.6) is 5.75 Å². The van der Waals surface area contributed by atoms with Crippen LogP contribution in [0.25, 0.3) is 0 Å². The van der Waals surface area contributed by atoms with Gasteiger partial charge in [0.1, 0.15) is 11.6 Å². The van der Waals surface area contributed by atoms with E-state index in [4.69, 9.17) is 21.1 Å². The summed E-state index contributed by atoms with van der Waals surface area (Å²) < 4.78 is 40.6. The lowest BCUT2D eigenvalue weighted by Gasteiger charge is -2.26. The zero-order valence-corrected chi connectivity index (χ0v) is 23.2. The number of aromatic nitrogens is 1. The third-order valence-electron chi connectivity index (χ3n) is 7.70. The molecule has 0 radical (unpaired) electrons. The Bertz CT molecular complexity index is 1230. The van der Waals surface area contributed by atoms with Crippen molar-refractivity contribution in [1.82, 2.24) is 9.71 Å². The number of ether oxygens (including phenoxy) is 2. The van der Waals surface area contributed by atoms with Gasteiger partial charge in [0.05, 0.1) is 6.61 Å². The minimum Gasteiger partial charge on any atom is -0.477 e. The summed E-state index contributed by atoms with van der Waals surface area (Å²) in [5, 5.41) is 0.334. The highest BCUT2D eigenvalue weighted by atomic mass is 35.5.